The molecule has 5 rings (SSSR count). The molecule has 0 saturated carbocycles. The molecule has 0 N–H and O–H groups in total. The topological polar surface area (TPSA) is 48.5 Å². The first-order valence-corrected chi connectivity index (χ1v) is 9.05. The van der Waals surface area contributed by atoms with Crippen molar-refractivity contribution in [3.05, 3.63) is 96.6 Å². The van der Waals surface area contributed by atoms with E-state index in [9.17, 15) is 8.78 Å². The number of rotatable bonds is 4. The lowest BCUT2D eigenvalue weighted by Crippen LogP contribution is -2.03. The Morgan fingerprint density at radius 3 is 2.48 bits per heavy atom. The van der Waals surface area contributed by atoms with Gasteiger partial charge < -0.3 is 4.57 Å². The van der Waals surface area contributed by atoms with Gasteiger partial charge in [-0.3, -0.25) is 0 Å². The average Bonchev–Trinajstić information content (AvgIpc) is 3.37. The van der Waals surface area contributed by atoms with E-state index < -0.39 is 11.6 Å². The molecule has 29 heavy (non-hydrogen) atoms. The summed E-state index contributed by atoms with van der Waals surface area (Å²) in [4.78, 5) is 8.70. The van der Waals surface area contributed by atoms with Crippen molar-refractivity contribution in [3.8, 4) is 28.5 Å². The fraction of sp³-hybridized carbons (Fsp3) is 0.0455. The molecule has 142 valence electrons. The van der Waals surface area contributed by atoms with Gasteiger partial charge in [0.25, 0.3) is 0 Å². The summed E-state index contributed by atoms with van der Waals surface area (Å²) in [6.07, 6.45) is 5.60. The van der Waals surface area contributed by atoms with Crippen molar-refractivity contribution < 1.29 is 8.78 Å². The lowest BCUT2D eigenvalue weighted by molar-refractivity contribution is 0.510. The highest BCUT2D eigenvalue weighted by atomic mass is 19.2. The molecule has 3 aromatic rings. The third-order valence-corrected chi connectivity index (χ3v) is 4.63. The van der Waals surface area contributed by atoms with Crippen LogP contribution >= 0.6 is 0 Å². The minimum Gasteiger partial charge on any atom is -0.346 e. The van der Waals surface area contributed by atoms with E-state index in [0.29, 0.717) is 17.9 Å². The van der Waals surface area contributed by atoms with Crippen molar-refractivity contribution >= 4 is 0 Å². The number of pyridine rings is 1. The molecule has 0 bridgehead atoms. The third kappa shape index (κ3) is 3.27. The van der Waals surface area contributed by atoms with Gasteiger partial charge in [-0.15, -0.1) is 0 Å². The van der Waals surface area contributed by atoms with Gasteiger partial charge in [0.05, 0.1) is 29.2 Å². The Morgan fingerprint density at radius 2 is 1.62 bits per heavy atom. The van der Waals surface area contributed by atoms with E-state index in [1.165, 1.54) is 12.1 Å². The minimum atomic E-state index is -0.942. The summed E-state index contributed by atoms with van der Waals surface area (Å²) in [5, 5.41) is 4.60. The van der Waals surface area contributed by atoms with Crippen molar-refractivity contribution in [1.82, 2.24) is 24.3 Å². The van der Waals surface area contributed by atoms with Gasteiger partial charge in [-0.1, -0.05) is 24.3 Å². The molecule has 0 atom stereocenters. The van der Waals surface area contributed by atoms with Crippen LogP contribution in [0.2, 0.25) is 0 Å². The van der Waals surface area contributed by atoms with Crippen LogP contribution in [0.5, 0.6) is 0 Å². The predicted molar refractivity (Wildman–Crippen MR) is 105 cm³/mol. The number of benzene rings is 2. The predicted octanol–water partition coefficient (Wildman–Crippen LogP) is 4.56. The zero-order valence-corrected chi connectivity index (χ0v) is 15.2. The van der Waals surface area contributed by atoms with Crippen molar-refractivity contribution in [2.45, 2.75) is 6.54 Å². The summed E-state index contributed by atoms with van der Waals surface area (Å²) >= 11 is 0. The monoisotopic (exact) mass is 387 g/mol. The van der Waals surface area contributed by atoms with Crippen LogP contribution in [0.1, 0.15) is 5.69 Å². The quantitative estimate of drug-likeness (QED) is 0.454. The highest BCUT2D eigenvalue weighted by molar-refractivity contribution is 5.66. The van der Waals surface area contributed by atoms with Crippen LogP contribution in [0, 0.1) is 11.6 Å². The molecule has 0 fully saturated rings. The summed E-state index contributed by atoms with van der Waals surface area (Å²) in [7, 11) is 0. The molecule has 2 aromatic carbocycles. The second-order valence-corrected chi connectivity index (χ2v) is 6.62. The largest absolute Gasteiger partial charge is 0.346 e. The van der Waals surface area contributed by atoms with Crippen molar-refractivity contribution in [1.29, 1.82) is 0 Å². The maximum Gasteiger partial charge on any atom is 0.169 e. The summed E-state index contributed by atoms with van der Waals surface area (Å²) < 4.78 is 31.3. The maximum atomic E-state index is 14.1. The zero-order valence-electron chi connectivity index (χ0n) is 15.2. The highest BCUT2D eigenvalue weighted by Gasteiger charge is 2.17. The van der Waals surface area contributed by atoms with Crippen LogP contribution in [0.4, 0.5) is 8.78 Å². The molecular formula is C22H15F2N5. The standard InChI is InChI=1S/C22H15F2N5/c23-18-8-4-7-17(21(18)24)22-25-19-10-11-28(14-20(19)26-22)13-15-9-12-29(27-15)16-5-2-1-3-6-16/h1-12,14H,13H2. The van der Waals surface area contributed by atoms with Gasteiger partial charge in [0.1, 0.15) is 5.69 Å². The van der Waals surface area contributed by atoms with E-state index in [4.69, 9.17) is 0 Å². The van der Waals surface area contributed by atoms with Crippen LogP contribution in [0.25, 0.3) is 28.5 Å². The number of hydrogen-bond acceptors (Lipinski definition) is 3. The number of imidazole rings is 1. The normalized spacial score (nSPS) is 11.2. The fourth-order valence-electron chi connectivity index (χ4n) is 3.20. The molecule has 0 spiro atoms. The van der Waals surface area contributed by atoms with E-state index in [2.05, 4.69) is 15.1 Å². The van der Waals surface area contributed by atoms with Crippen LogP contribution < -0.4 is 0 Å². The van der Waals surface area contributed by atoms with Crippen molar-refractivity contribution in [2.24, 2.45) is 0 Å². The Kier molecular flexibility index (Phi) is 4.13. The first-order chi connectivity index (χ1) is 14.2. The lowest BCUT2D eigenvalue weighted by atomic mass is 10.2. The molecule has 0 amide bonds. The van der Waals surface area contributed by atoms with Gasteiger partial charge in [-0.05, 0) is 36.4 Å². The first kappa shape index (κ1) is 17.2. The number of hydrogen-bond donors (Lipinski definition) is 0. The van der Waals surface area contributed by atoms with Crippen molar-refractivity contribution in [3.63, 3.8) is 0 Å². The van der Waals surface area contributed by atoms with Gasteiger partial charge in [0, 0.05) is 18.6 Å². The Labute approximate surface area is 165 Å². The number of halogens is 2. The fourth-order valence-corrected chi connectivity index (χ4v) is 3.20. The van der Waals surface area contributed by atoms with Gasteiger partial charge in [-0.2, -0.15) is 5.10 Å². The van der Waals surface area contributed by atoms with Crippen LogP contribution in [-0.2, 0) is 6.54 Å². The second kappa shape index (κ2) is 6.94. The number of nitrogens with zero attached hydrogens (tertiary/aromatic N) is 5. The van der Waals surface area contributed by atoms with Crippen LogP contribution in [0.3, 0.4) is 0 Å². The summed E-state index contributed by atoms with van der Waals surface area (Å²) in [6, 6.07) is 17.6. The SMILES string of the molecule is Fc1cccc(-c2nc3ccn(Cc4ccn(-c5ccccc5)n4)cc-3n2)c1F. The zero-order chi connectivity index (χ0) is 19.8. The molecule has 7 heteroatoms. The molecular weight excluding hydrogens is 372 g/mol. The van der Waals surface area contributed by atoms with Gasteiger partial charge in [-0.25, -0.2) is 23.4 Å². The second-order valence-electron chi connectivity index (χ2n) is 6.62. The van der Waals surface area contributed by atoms with Gasteiger partial charge in [0.15, 0.2) is 17.5 Å². The molecule has 2 aliphatic rings. The number of aromatic nitrogens is 5. The lowest BCUT2D eigenvalue weighted by Gasteiger charge is -2.06. The van der Waals surface area contributed by atoms with Gasteiger partial charge in [0.2, 0.25) is 0 Å². The first-order valence-electron chi connectivity index (χ1n) is 9.05. The molecule has 1 aromatic heterocycles. The molecule has 5 nitrogen and oxygen atoms in total. The maximum absolute atomic E-state index is 14.1. The van der Waals surface area contributed by atoms with E-state index in [-0.39, 0.29) is 11.4 Å². The molecule has 0 saturated heterocycles. The molecule has 2 aliphatic heterocycles. The van der Waals surface area contributed by atoms with Gasteiger partial charge >= 0.3 is 0 Å². The summed E-state index contributed by atoms with van der Waals surface area (Å²) in [5.74, 6) is -1.69. The highest BCUT2D eigenvalue weighted by Crippen LogP contribution is 2.27. The van der Waals surface area contributed by atoms with E-state index in [1.54, 1.807) is 6.07 Å². The van der Waals surface area contributed by atoms with Crippen LogP contribution in [0.15, 0.2) is 79.3 Å². The summed E-state index contributed by atoms with van der Waals surface area (Å²) in [5.41, 5.74) is 3.15. The van der Waals surface area contributed by atoms with Crippen molar-refractivity contribution in [2.75, 3.05) is 0 Å². The number of para-hydroxylation sites is 1. The molecule has 0 unspecified atom stereocenters. The summed E-state index contributed by atoms with van der Waals surface area (Å²) in [6.45, 7) is 0.548. The number of fused-ring (bicyclic) bond motifs is 1. The third-order valence-electron chi connectivity index (χ3n) is 4.63. The molecule has 0 radical (unpaired) electrons. The Bertz CT molecular complexity index is 1260. The average molecular weight is 387 g/mol. The Hall–Kier alpha value is -3.87. The smallest absolute Gasteiger partial charge is 0.169 e. The van der Waals surface area contributed by atoms with E-state index in [0.717, 1.165) is 17.4 Å². The van der Waals surface area contributed by atoms with E-state index in [1.807, 2.05) is 64.2 Å². The minimum absolute atomic E-state index is 0.0503. The Balaban J connectivity index is 1.43. The molecule has 0 aliphatic carbocycles. The Morgan fingerprint density at radius 1 is 0.793 bits per heavy atom. The van der Waals surface area contributed by atoms with Crippen LogP contribution in [-0.4, -0.2) is 24.3 Å². The molecule has 3 heterocycles. The van der Waals surface area contributed by atoms with E-state index >= 15 is 0 Å².